The molecule has 134 valence electrons. The van der Waals surface area contributed by atoms with Gasteiger partial charge in [0.15, 0.2) is 0 Å². The molecule has 0 saturated carbocycles. The van der Waals surface area contributed by atoms with Gasteiger partial charge in [-0.05, 0) is 55.2 Å². The van der Waals surface area contributed by atoms with Crippen LogP contribution in [0.3, 0.4) is 0 Å². The van der Waals surface area contributed by atoms with Crippen LogP contribution in [-0.2, 0) is 0 Å². The number of aryl methyl sites for hydroxylation is 1. The molecule has 0 bridgehead atoms. The van der Waals surface area contributed by atoms with Crippen molar-refractivity contribution in [1.29, 1.82) is 5.26 Å². The van der Waals surface area contributed by atoms with E-state index in [1.807, 2.05) is 30.0 Å². The first-order chi connectivity index (χ1) is 12.5. The number of carbonyl (C=O) groups is 1. The first-order valence-electron chi connectivity index (χ1n) is 8.88. The Morgan fingerprint density at radius 3 is 2.62 bits per heavy atom. The maximum absolute atomic E-state index is 12.7. The lowest BCUT2D eigenvalue weighted by molar-refractivity contribution is 0.0792. The average molecular weight is 349 g/mol. The zero-order valence-corrected chi connectivity index (χ0v) is 14.9. The monoisotopic (exact) mass is 349 g/mol. The summed E-state index contributed by atoms with van der Waals surface area (Å²) in [5.41, 5.74) is 9.62. The smallest absolute Gasteiger partial charge is 0.254 e. The number of hydrogen-bond donors (Lipinski definition) is 2. The molecule has 1 saturated heterocycles. The van der Waals surface area contributed by atoms with Crippen LogP contribution in [0.2, 0.25) is 0 Å². The van der Waals surface area contributed by atoms with Gasteiger partial charge in [-0.2, -0.15) is 5.26 Å². The van der Waals surface area contributed by atoms with E-state index in [1.165, 1.54) is 6.07 Å². The van der Waals surface area contributed by atoms with Crippen molar-refractivity contribution in [3.63, 3.8) is 0 Å². The molecule has 0 aromatic heterocycles. The van der Waals surface area contributed by atoms with Crippen LogP contribution in [0.25, 0.3) is 0 Å². The van der Waals surface area contributed by atoms with E-state index in [1.54, 1.807) is 12.1 Å². The van der Waals surface area contributed by atoms with E-state index in [0.717, 1.165) is 37.1 Å². The van der Waals surface area contributed by atoms with Crippen LogP contribution in [0, 0.1) is 18.3 Å². The molecule has 1 atom stereocenters. The topological polar surface area (TPSA) is 90.4 Å². The largest absolute Gasteiger partial charge is 0.508 e. The second-order valence-corrected chi connectivity index (χ2v) is 6.75. The van der Waals surface area contributed by atoms with Crippen LogP contribution in [0.4, 0.5) is 0 Å². The number of amides is 1. The summed E-state index contributed by atoms with van der Waals surface area (Å²) >= 11 is 0. The number of phenols is 1. The van der Waals surface area contributed by atoms with Gasteiger partial charge in [0.25, 0.3) is 5.91 Å². The molecular weight excluding hydrogens is 326 g/mol. The highest BCUT2D eigenvalue weighted by Crippen LogP contribution is 2.32. The second-order valence-electron chi connectivity index (χ2n) is 6.75. The molecule has 5 nitrogen and oxygen atoms in total. The number of likely N-dealkylation sites (tertiary alicyclic amines) is 1. The number of benzene rings is 2. The van der Waals surface area contributed by atoms with Gasteiger partial charge in [-0.15, -0.1) is 0 Å². The molecule has 1 heterocycles. The molecule has 2 aromatic carbocycles. The Morgan fingerprint density at radius 1 is 1.27 bits per heavy atom. The molecule has 3 rings (SSSR count). The fourth-order valence-electron chi connectivity index (χ4n) is 3.58. The first kappa shape index (κ1) is 18.0. The number of carbonyl (C=O) groups excluding carboxylic acids is 1. The summed E-state index contributed by atoms with van der Waals surface area (Å²) in [6, 6.07) is 12.6. The van der Waals surface area contributed by atoms with Crippen LogP contribution < -0.4 is 5.73 Å². The Balaban J connectivity index is 1.94. The molecule has 0 radical (unpaired) electrons. The maximum atomic E-state index is 12.7. The van der Waals surface area contributed by atoms with Crippen molar-refractivity contribution in [3.05, 3.63) is 64.2 Å². The molecule has 26 heavy (non-hydrogen) atoms. The summed E-state index contributed by atoms with van der Waals surface area (Å²) in [5.74, 6) is -0.0440. The number of phenolic OH excluding ortho intramolecular Hbond substituents is 1. The van der Waals surface area contributed by atoms with Gasteiger partial charge in [0.2, 0.25) is 0 Å². The highest BCUT2D eigenvalue weighted by molar-refractivity contribution is 5.95. The molecule has 5 heteroatoms. The van der Waals surface area contributed by atoms with Gasteiger partial charge in [-0.3, -0.25) is 4.79 Å². The Labute approximate surface area is 153 Å². The number of nitriles is 1. The fraction of sp³-hybridized carbons (Fsp3) is 0.333. The third kappa shape index (κ3) is 3.42. The molecule has 0 aliphatic carbocycles. The number of nitrogens with two attached hydrogens (primary N) is 1. The van der Waals surface area contributed by atoms with E-state index < -0.39 is 0 Å². The molecular formula is C21H23N3O2. The zero-order valence-electron chi connectivity index (χ0n) is 14.9. The molecule has 0 spiro atoms. The minimum atomic E-state index is -0.238. The molecule has 1 unspecified atom stereocenters. The molecule has 1 aliphatic rings. The van der Waals surface area contributed by atoms with Gasteiger partial charge in [0.1, 0.15) is 5.75 Å². The number of hydrogen-bond acceptors (Lipinski definition) is 4. The van der Waals surface area contributed by atoms with Crippen LogP contribution in [-0.4, -0.2) is 35.5 Å². The van der Waals surface area contributed by atoms with Crippen LogP contribution >= 0.6 is 0 Å². The lowest BCUT2D eigenvalue weighted by Crippen LogP contribution is -2.28. The Bertz CT molecular complexity index is 864. The summed E-state index contributed by atoms with van der Waals surface area (Å²) in [5, 5.41) is 19.3. The van der Waals surface area contributed by atoms with Crippen LogP contribution in [0.1, 0.15) is 51.4 Å². The van der Waals surface area contributed by atoms with Gasteiger partial charge in [-0.25, -0.2) is 0 Å². The summed E-state index contributed by atoms with van der Waals surface area (Å²) < 4.78 is 0. The van der Waals surface area contributed by atoms with Gasteiger partial charge < -0.3 is 15.7 Å². The highest BCUT2D eigenvalue weighted by Gasteiger charge is 2.23. The maximum Gasteiger partial charge on any atom is 0.254 e. The Kier molecular flexibility index (Phi) is 5.24. The lowest BCUT2D eigenvalue weighted by atomic mass is 9.88. The van der Waals surface area contributed by atoms with Gasteiger partial charge in [0, 0.05) is 36.7 Å². The van der Waals surface area contributed by atoms with E-state index in [2.05, 4.69) is 6.07 Å². The Morgan fingerprint density at radius 2 is 2.00 bits per heavy atom. The first-order valence-corrected chi connectivity index (χ1v) is 8.88. The predicted octanol–water partition coefficient (Wildman–Crippen LogP) is 2.90. The summed E-state index contributed by atoms with van der Waals surface area (Å²) in [7, 11) is 0. The number of nitrogens with zero attached hydrogens (tertiary/aromatic N) is 2. The minimum absolute atomic E-state index is 0.0742. The van der Waals surface area contributed by atoms with Crippen LogP contribution in [0.15, 0.2) is 36.4 Å². The van der Waals surface area contributed by atoms with Crippen molar-refractivity contribution in [2.45, 2.75) is 25.7 Å². The Hall–Kier alpha value is -2.84. The van der Waals surface area contributed by atoms with E-state index in [0.29, 0.717) is 23.2 Å². The van der Waals surface area contributed by atoms with E-state index >= 15 is 0 Å². The van der Waals surface area contributed by atoms with E-state index in [-0.39, 0.29) is 17.6 Å². The normalized spacial score (nSPS) is 14.9. The van der Waals surface area contributed by atoms with Crippen molar-refractivity contribution in [2.24, 2.45) is 5.73 Å². The average Bonchev–Trinajstić information content (AvgIpc) is 3.18. The number of aromatic hydroxyl groups is 1. The molecule has 1 fully saturated rings. The standard InChI is InChI=1S/C21H23N3O2/c1-14-10-16(5-6-17(14)21(26)24-8-2-3-9-24)19(13-23)18-11-15(12-22)4-7-20(18)25/h4-7,10-11,19,25H,2-3,8-9,13,23H2,1H3. The quantitative estimate of drug-likeness (QED) is 0.888. The van der Waals surface area contributed by atoms with Gasteiger partial charge in [-0.1, -0.05) is 12.1 Å². The molecule has 3 N–H and O–H groups in total. The molecule has 1 amide bonds. The van der Waals surface area contributed by atoms with Crippen LogP contribution in [0.5, 0.6) is 5.75 Å². The van der Waals surface area contributed by atoms with Crippen molar-refractivity contribution >= 4 is 5.91 Å². The third-order valence-electron chi connectivity index (χ3n) is 5.04. The zero-order chi connectivity index (χ0) is 18.7. The summed E-state index contributed by atoms with van der Waals surface area (Å²) in [4.78, 5) is 14.5. The fourth-order valence-corrected chi connectivity index (χ4v) is 3.58. The van der Waals surface area contributed by atoms with E-state index in [4.69, 9.17) is 11.0 Å². The second kappa shape index (κ2) is 7.59. The van der Waals surface area contributed by atoms with Crippen molar-refractivity contribution in [3.8, 4) is 11.8 Å². The number of rotatable bonds is 4. The molecule has 1 aliphatic heterocycles. The van der Waals surface area contributed by atoms with E-state index in [9.17, 15) is 9.90 Å². The summed E-state index contributed by atoms with van der Waals surface area (Å²) in [6.45, 7) is 3.85. The van der Waals surface area contributed by atoms with Gasteiger partial charge >= 0.3 is 0 Å². The predicted molar refractivity (Wildman–Crippen MR) is 100 cm³/mol. The molecule has 2 aromatic rings. The van der Waals surface area contributed by atoms with Crippen molar-refractivity contribution in [1.82, 2.24) is 4.90 Å². The summed E-state index contributed by atoms with van der Waals surface area (Å²) in [6.07, 6.45) is 2.12. The third-order valence-corrected chi connectivity index (χ3v) is 5.04. The minimum Gasteiger partial charge on any atom is -0.508 e. The lowest BCUT2D eigenvalue weighted by Gasteiger charge is -2.20. The SMILES string of the molecule is Cc1cc(C(CN)c2cc(C#N)ccc2O)ccc1C(=O)N1CCCC1. The van der Waals surface area contributed by atoms with Gasteiger partial charge in [0.05, 0.1) is 11.6 Å². The van der Waals surface area contributed by atoms with Crippen molar-refractivity contribution < 1.29 is 9.90 Å². The van der Waals surface area contributed by atoms with Crippen molar-refractivity contribution in [2.75, 3.05) is 19.6 Å². The highest BCUT2D eigenvalue weighted by atomic mass is 16.3.